The van der Waals surface area contributed by atoms with E-state index >= 15 is 0 Å². The average molecular weight is 616 g/mol. The van der Waals surface area contributed by atoms with E-state index in [0.29, 0.717) is 42.6 Å². The van der Waals surface area contributed by atoms with Gasteiger partial charge in [-0.2, -0.15) is 0 Å². The van der Waals surface area contributed by atoms with E-state index in [1.165, 1.54) is 36.4 Å². The van der Waals surface area contributed by atoms with Gasteiger partial charge < -0.3 is 9.84 Å². The lowest BCUT2D eigenvalue weighted by molar-refractivity contribution is 0.109. The summed E-state index contributed by atoms with van der Waals surface area (Å²) in [6.45, 7) is 1.74. The van der Waals surface area contributed by atoms with Crippen LogP contribution in [-0.4, -0.2) is 31.5 Å². The third-order valence-electron chi connectivity index (χ3n) is 7.05. The number of sulfone groups is 1. The molecule has 0 aliphatic rings. The van der Waals surface area contributed by atoms with Gasteiger partial charge in [0.1, 0.15) is 17.3 Å². The van der Waals surface area contributed by atoms with Crippen LogP contribution >= 0.6 is 11.6 Å². The van der Waals surface area contributed by atoms with Crippen molar-refractivity contribution in [1.82, 2.24) is 4.90 Å². The van der Waals surface area contributed by atoms with Gasteiger partial charge >= 0.3 is 0 Å². The van der Waals surface area contributed by atoms with E-state index in [1.54, 1.807) is 36.4 Å². The minimum absolute atomic E-state index is 0.149. The molecule has 0 saturated heterocycles. The topological polar surface area (TPSA) is 66.8 Å². The van der Waals surface area contributed by atoms with E-state index in [1.807, 2.05) is 42.5 Å². The predicted molar refractivity (Wildman–Crippen MR) is 167 cm³/mol. The van der Waals surface area contributed by atoms with Gasteiger partial charge in [0.15, 0.2) is 0 Å². The number of ether oxygens (including phenoxy) is 1. The van der Waals surface area contributed by atoms with Gasteiger partial charge in [-0.3, -0.25) is 4.90 Å². The molecule has 5 rings (SSSR count). The highest BCUT2D eigenvalue weighted by atomic mass is 35.5. The molecule has 0 aliphatic carbocycles. The van der Waals surface area contributed by atoms with Crippen molar-refractivity contribution in [1.29, 1.82) is 0 Å². The van der Waals surface area contributed by atoms with Gasteiger partial charge in [0, 0.05) is 24.7 Å². The van der Waals surface area contributed by atoms with Gasteiger partial charge in [-0.1, -0.05) is 66.2 Å². The molecule has 0 saturated carbocycles. The largest absolute Gasteiger partial charge is 0.457 e. The highest BCUT2D eigenvalue weighted by Crippen LogP contribution is 2.27. The maximum atomic E-state index is 13.3. The Hall–Kier alpha value is -4.01. The molecule has 5 aromatic carbocycles. The summed E-state index contributed by atoms with van der Waals surface area (Å²) in [7, 11) is -3.73. The Bertz CT molecular complexity index is 1730. The second kappa shape index (κ2) is 14.0. The quantitative estimate of drug-likeness (QED) is 0.155. The SMILES string of the molecule is O=S(=O)(c1ccc(CCN(Cc2ccccc2)C[C@H](O)c2cccc(Cl)c2)cc1)c1ccc(Oc2ccc(F)cc2)cc1. The summed E-state index contributed by atoms with van der Waals surface area (Å²) in [5.74, 6) is 0.535. The normalized spacial score (nSPS) is 12.3. The number of rotatable bonds is 12. The summed E-state index contributed by atoms with van der Waals surface area (Å²) >= 11 is 6.14. The van der Waals surface area contributed by atoms with Gasteiger partial charge in [-0.05, 0) is 95.9 Å². The molecule has 8 heteroatoms. The van der Waals surface area contributed by atoms with Gasteiger partial charge in [-0.25, -0.2) is 12.8 Å². The van der Waals surface area contributed by atoms with Gasteiger partial charge in [0.2, 0.25) is 9.84 Å². The van der Waals surface area contributed by atoms with E-state index in [0.717, 1.165) is 16.7 Å². The number of benzene rings is 5. The van der Waals surface area contributed by atoms with Crippen LogP contribution in [0.3, 0.4) is 0 Å². The first-order valence-electron chi connectivity index (χ1n) is 13.8. The fourth-order valence-electron chi connectivity index (χ4n) is 4.72. The lowest BCUT2D eigenvalue weighted by Gasteiger charge is -2.25. The lowest BCUT2D eigenvalue weighted by Crippen LogP contribution is -2.30. The van der Waals surface area contributed by atoms with Crippen molar-refractivity contribution in [2.45, 2.75) is 28.9 Å². The van der Waals surface area contributed by atoms with Crippen molar-refractivity contribution >= 4 is 21.4 Å². The first-order chi connectivity index (χ1) is 20.8. The van der Waals surface area contributed by atoms with Crippen LogP contribution in [0.2, 0.25) is 5.02 Å². The van der Waals surface area contributed by atoms with Gasteiger partial charge in [-0.15, -0.1) is 0 Å². The molecule has 0 aliphatic heterocycles. The second-order valence-corrected chi connectivity index (χ2v) is 12.6. The smallest absolute Gasteiger partial charge is 0.206 e. The molecule has 0 aromatic heterocycles. The van der Waals surface area contributed by atoms with E-state index in [9.17, 15) is 17.9 Å². The Labute approximate surface area is 256 Å². The molecule has 0 fully saturated rings. The number of halogens is 2. The van der Waals surface area contributed by atoms with E-state index < -0.39 is 15.9 Å². The molecule has 1 N–H and O–H groups in total. The Morgan fingerprint density at radius 1 is 0.744 bits per heavy atom. The highest BCUT2D eigenvalue weighted by Gasteiger charge is 2.19. The molecule has 0 bridgehead atoms. The van der Waals surface area contributed by atoms with Crippen LogP contribution in [-0.2, 0) is 22.8 Å². The molecule has 0 unspecified atom stereocenters. The van der Waals surface area contributed by atoms with E-state index in [2.05, 4.69) is 17.0 Å². The Balaban J connectivity index is 1.24. The number of hydrogen-bond acceptors (Lipinski definition) is 5. The standard InChI is InChI=1S/C35H31ClFNO4S/c36-29-8-4-7-28(23-29)35(39)25-38(24-27-5-2-1-3-6-27)22-21-26-9-17-33(18-10-26)43(40,41)34-19-15-32(16-20-34)42-31-13-11-30(37)12-14-31/h1-20,23,35,39H,21-22,24-25H2/t35-/m0/s1. The summed E-state index contributed by atoms with van der Waals surface area (Å²) in [5.41, 5.74) is 2.88. The van der Waals surface area contributed by atoms with Crippen molar-refractivity contribution in [2.24, 2.45) is 0 Å². The summed E-state index contributed by atoms with van der Waals surface area (Å²) in [6.07, 6.45) is -0.0346. The highest BCUT2D eigenvalue weighted by molar-refractivity contribution is 7.91. The summed E-state index contributed by atoms with van der Waals surface area (Å²) < 4.78 is 45.4. The maximum Gasteiger partial charge on any atom is 0.206 e. The number of nitrogens with zero attached hydrogens (tertiary/aromatic N) is 1. The second-order valence-electron chi connectivity index (χ2n) is 10.2. The lowest BCUT2D eigenvalue weighted by atomic mass is 10.1. The number of aliphatic hydroxyl groups is 1. The van der Waals surface area contributed by atoms with Crippen molar-refractivity contribution < 1.29 is 22.7 Å². The molecule has 5 aromatic rings. The zero-order valence-corrected chi connectivity index (χ0v) is 24.9. The fourth-order valence-corrected chi connectivity index (χ4v) is 6.18. The van der Waals surface area contributed by atoms with Gasteiger partial charge in [0.05, 0.1) is 15.9 Å². The minimum atomic E-state index is -3.73. The molecular weight excluding hydrogens is 585 g/mol. The Morgan fingerprint density at radius 2 is 1.35 bits per heavy atom. The zero-order chi connectivity index (χ0) is 30.2. The summed E-state index contributed by atoms with van der Waals surface area (Å²) in [6, 6.07) is 35.9. The van der Waals surface area contributed by atoms with Crippen LogP contribution in [0.25, 0.3) is 0 Å². The van der Waals surface area contributed by atoms with E-state index in [-0.39, 0.29) is 15.6 Å². The fraction of sp³-hybridized carbons (Fsp3) is 0.143. The van der Waals surface area contributed by atoms with Crippen LogP contribution in [0.4, 0.5) is 4.39 Å². The van der Waals surface area contributed by atoms with Crippen LogP contribution < -0.4 is 4.74 Å². The third kappa shape index (κ3) is 8.30. The molecule has 1 atom stereocenters. The molecule has 43 heavy (non-hydrogen) atoms. The molecule has 5 nitrogen and oxygen atoms in total. The molecule has 0 spiro atoms. The van der Waals surface area contributed by atoms with Crippen molar-refractivity contribution in [2.75, 3.05) is 13.1 Å². The zero-order valence-electron chi connectivity index (χ0n) is 23.3. The van der Waals surface area contributed by atoms with Crippen LogP contribution in [0, 0.1) is 5.82 Å². The number of hydrogen-bond donors (Lipinski definition) is 1. The Kier molecular flexibility index (Phi) is 9.89. The minimum Gasteiger partial charge on any atom is -0.457 e. The summed E-state index contributed by atoms with van der Waals surface area (Å²) in [4.78, 5) is 2.53. The molecular formula is C35H31ClFNO4S. The van der Waals surface area contributed by atoms with Crippen LogP contribution in [0.15, 0.2) is 137 Å². The molecule has 0 amide bonds. The van der Waals surface area contributed by atoms with Crippen LogP contribution in [0.1, 0.15) is 22.8 Å². The monoisotopic (exact) mass is 615 g/mol. The van der Waals surface area contributed by atoms with Crippen molar-refractivity contribution in [3.8, 4) is 11.5 Å². The average Bonchev–Trinajstić information content (AvgIpc) is 3.02. The van der Waals surface area contributed by atoms with E-state index in [4.69, 9.17) is 16.3 Å². The molecule has 220 valence electrons. The number of aliphatic hydroxyl groups excluding tert-OH is 1. The first kappa shape index (κ1) is 30.4. The van der Waals surface area contributed by atoms with Crippen LogP contribution in [0.5, 0.6) is 11.5 Å². The van der Waals surface area contributed by atoms with Crippen molar-refractivity contribution in [3.63, 3.8) is 0 Å². The predicted octanol–water partition coefficient (Wildman–Crippen LogP) is 7.88. The maximum absolute atomic E-state index is 13.3. The molecule has 0 radical (unpaired) electrons. The Morgan fingerprint density at radius 3 is 1.98 bits per heavy atom. The van der Waals surface area contributed by atoms with Gasteiger partial charge in [0.25, 0.3) is 0 Å². The summed E-state index contributed by atoms with van der Waals surface area (Å²) in [5, 5.41) is 11.5. The molecule has 0 heterocycles. The third-order valence-corrected chi connectivity index (χ3v) is 9.07. The first-order valence-corrected chi connectivity index (χ1v) is 15.7. The van der Waals surface area contributed by atoms with Crippen molar-refractivity contribution in [3.05, 3.63) is 155 Å².